The van der Waals surface area contributed by atoms with Gasteiger partial charge >= 0.3 is 0 Å². The quantitative estimate of drug-likeness (QED) is 0.452. The van der Waals surface area contributed by atoms with Crippen molar-refractivity contribution in [3.05, 3.63) is 101 Å². The molecule has 2 aliphatic rings. The molecule has 0 radical (unpaired) electrons. The van der Waals surface area contributed by atoms with Gasteiger partial charge in [0.05, 0.1) is 5.69 Å². The number of aromatic nitrogens is 1. The van der Waals surface area contributed by atoms with Gasteiger partial charge < -0.3 is 9.80 Å². The molecule has 188 valence electrons. The number of likely N-dealkylation sites (tertiary alicyclic amines) is 1. The van der Waals surface area contributed by atoms with E-state index in [-0.39, 0.29) is 17.5 Å². The highest BCUT2D eigenvalue weighted by atomic mass is 19.1. The Morgan fingerprint density at radius 1 is 0.833 bits per heavy atom. The number of carbonyl (C=O) groups is 1. The zero-order valence-corrected chi connectivity index (χ0v) is 20.4. The number of unbranched alkanes of at least 4 members (excludes halogenated alkanes) is 1. The number of piperidine rings is 1. The molecular weight excluding hydrogens is 458 g/mol. The van der Waals surface area contributed by atoms with Crippen LogP contribution < -0.4 is 5.32 Å². The predicted octanol–water partition coefficient (Wildman–Crippen LogP) is 5.00. The summed E-state index contributed by atoms with van der Waals surface area (Å²) in [5.74, 6) is -0.905. The maximum absolute atomic E-state index is 14.3. The number of hydrogen-bond acceptors (Lipinski definition) is 4. The van der Waals surface area contributed by atoms with Gasteiger partial charge in [0.2, 0.25) is 0 Å². The average molecular weight is 491 g/mol. The second-order valence-electron chi connectivity index (χ2n) is 9.67. The number of nitrogens with one attached hydrogen (secondary N) is 1. The van der Waals surface area contributed by atoms with E-state index in [1.807, 2.05) is 23.1 Å². The maximum atomic E-state index is 14.3. The SMILES string of the molecule is O=C1N(CCCCN2CCCCC2)C(c2ccccn2)NC1(c1ccc(F)cc1)c1ccc(F)cc1. The van der Waals surface area contributed by atoms with Crippen molar-refractivity contribution in [3.63, 3.8) is 0 Å². The third-order valence-electron chi connectivity index (χ3n) is 7.34. The Kier molecular flexibility index (Phi) is 7.39. The maximum Gasteiger partial charge on any atom is 0.253 e. The minimum atomic E-state index is -1.28. The lowest BCUT2D eigenvalue weighted by Gasteiger charge is -2.29. The molecule has 1 aromatic heterocycles. The van der Waals surface area contributed by atoms with Gasteiger partial charge in [-0.15, -0.1) is 0 Å². The standard InChI is InChI=1S/C29H32F2N4O/c30-24-13-9-22(10-14-24)29(23-11-15-25(31)16-12-23)28(36)35(27(33-29)26-8-2-3-17-32-26)21-7-6-20-34-18-4-1-5-19-34/h2-3,8-17,27,33H,1,4-7,18-21H2. The van der Waals surface area contributed by atoms with Crippen molar-refractivity contribution in [2.24, 2.45) is 0 Å². The largest absolute Gasteiger partial charge is 0.319 e. The highest BCUT2D eigenvalue weighted by Gasteiger charge is 2.54. The first-order valence-corrected chi connectivity index (χ1v) is 12.8. The van der Waals surface area contributed by atoms with E-state index in [0.29, 0.717) is 17.7 Å². The van der Waals surface area contributed by atoms with Gasteiger partial charge in [-0.2, -0.15) is 0 Å². The monoisotopic (exact) mass is 490 g/mol. The van der Waals surface area contributed by atoms with Crippen LogP contribution in [0.5, 0.6) is 0 Å². The summed E-state index contributed by atoms with van der Waals surface area (Å²) in [5, 5.41) is 3.54. The highest BCUT2D eigenvalue weighted by Crippen LogP contribution is 2.42. The lowest BCUT2D eigenvalue weighted by molar-refractivity contribution is -0.132. The van der Waals surface area contributed by atoms with E-state index < -0.39 is 11.7 Å². The molecule has 2 aliphatic heterocycles. The van der Waals surface area contributed by atoms with Crippen molar-refractivity contribution in [2.45, 2.75) is 43.8 Å². The first kappa shape index (κ1) is 24.5. The molecule has 0 bridgehead atoms. The van der Waals surface area contributed by atoms with Gasteiger partial charge in [0.15, 0.2) is 5.54 Å². The van der Waals surface area contributed by atoms with Gasteiger partial charge in [-0.05, 0) is 92.8 Å². The number of hydrogen-bond donors (Lipinski definition) is 1. The van der Waals surface area contributed by atoms with Crippen LogP contribution in [0.4, 0.5) is 8.78 Å². The van der Waals surface area contributed by atoms with Crippen molar-refractivity contribution < 1.29 is 13.6 Å². The third kappa shape index (κ3) is 4.90. The molecule has 1 amide bonds. The molecule has 7 heteroatoms. The summed E-state index contributed by atoms with van der Waals surface area (Å²) < 4.78 is 27.7. The second-order valence-corrected chi connectivity index (χ2v) is 9.67. The molecule has 1 unspecified atom stereocenters. The fourth-order valence-electron chi connectivity index (χ4n) is 5.46. The smallest absolute Gasteiger partial charge is 0.253 e. The Morgan fingerprint density at radius 3 is 2.03 bits per heavy atom. The molecule has 0 spiro atoms. The number of amides is 1. The number of carbonyl (C=O) groups excluding carboxylic acids is 1. The molecule has 3 aromatic rings. The van der Waals surface area contributed by atoms with Crippen LogP contribution in [0.25, 0.3) is 0 Å². The van der Waals surface area contributed by atoms with Crippen LogP contribution in [0.2, 0.25) is 0 Å². The van der Waals surface area contributed by atoms with Crippen LogP contribution in [0, 0.1) is 11.6 Å². The van der Waals surface area contributed by atoms with Gasteiger partial charge in [-0.1, -0.05) is 36.8 Å². The van der Waals surface area contributed by atoms with Crippen molar-refractivity contribution in [1.82, 2.24) is 20.1 Å². The molecular formula is C29H32F2N4O. The van der Waals surface area contributed by atoms with Gasteiger partial charge in [0.25, 0.3) is 5.91 Å². The van der Waals surface area contributed by atoms with E-state index in [9.17, 15) is 13.6 Å². The summed E-state index contributed by atoms with van der Waals surface area (Å²) in [5.41, 5.74) is 0.665. The molecule has 0 saturated carbocycles. The van der Waals surface area contributed by atoms with E-state index in [2.05, 4.69) is 15.2 Å². The van der Waals surface area contributed by atoms with Crippen molar-refractivity contribution in [3.8, 4) is 0 Å². The lowest BCUT2D eigenvalue weighted by atomic mass is 9.82. The number of nitrogens with zero attached hydrogens (tertiary/aromatic N) is 3. The van der Waals surface area contributed by atoms with Crippen LogP contribution in [-0.2, 0) is 10.3 Å². The summed E-state index contributed by atoms with van der Waals surface area (Å²) >= 11 is 0. The van der Waals surface area contributed by atoms with E-state index >= 15 is 0 Å². The van der Waals surface area contributed by atoms with Gasteiger partial charge in [-0.3, -0.25) is 15.1 Å². The normalized spacial score (nSPS) is 20.1. The summed E-state index contributed by atoms with van der Waals surface area (Å²) in [6.07, 6.45) is 6.93. The summed E-state index contributed by atoms with van der Waals surface area (Å²) in [4.78, 5) is 23.2. The van der Waals surface area contributed by atoms with E-state index in [0.717, 1.165) is 38.2 Å². The number of pyridine rings is 1. The third-order valence-corrected chi connectivity index (χ3v) is 7.34. The van der Waals surface area contributed by atoms with Crippen molar-refractivity contribution in [2.75, 3.05) is 26.2 Å². The topological polar surface area (TPSA) is 48.5 Å². The lowest BCUT2D eigenvalue weighted by Crippen LogP contribution is -2.45. The zero-order valence-electron chi connectivity index (χ0n) is 20.4. The first-order valence-electron chi connectivity index (χ1n) is 12.8. The zero-order chi connectivity index (χ0) is 25.0. The minimum Gasteiger partial charge on any atom is -0.319 e. The average Bonchev–Trinajstić information content (AvgIpc) is 3.21. The molecule has 5 rings (SSSR count). The van der Waals surface area contributed by atoms with Crippen LogP contribution in [0.15, 0.2) is 72.9 Å². The van der Waals surface area contributed by atoms with Crippen LogP contribution >= 0.6 is 0 Å². The number of benzene rings is 2. The first-order chi connectivity index (χ1) is 17.6. The molecule has 1 N–H and O–H groups in total. The van der Waals surface area contributed by atoms with Crippen molar-refractivity contribution in [1.29, 1.82) is 0 Å². The van der Waals surface area contributed by atoms with Crippen LogP contribution in [0.1, 0.15) is 55.1 Å². The Hall–Kier alpha value is -3.16. The predicted molar refractivity (Wildman–Crippen MR) is 135 cm³/mol. The van der Waals surface area contributed by atoms with Gasteiger partial charge in [0.1, 0.15) is 17.8 Å². The molecule has 3 heterocycles. The molecule has 2 fully saturated rings. The molecule has 36 heavy (non-hydrogen) atoms. The molecule has 0 aliphatic carbocycles. The van der Waals surface area contributed by atoms with Crippen molar-refractivity contribution >= 4 is 5.91 Å². The van der Waals surface area contributed by atoms with Crippen LogP contribution in [0.3, 0.4) is 0 Å². The van der Waals surface area contributed by atoms with E-state index in [1.165, 1.54) is 43.5 Å². The fourth-order valence-corrected chi connectivity index (χ4v) is 5.46. The Bertz CT molecular complexity index is 1100. The summed E-state index contributed by atoms with van der Waals surface area (Å²) in [6.45, 7) is 3.90. The molecule has 2 saturated heterocycles. The molecule has 1 atom stereocenters. The number of rotatable bonds is 8. The fraction of sp³-hybridized carbons (Fsp3) is 0.379. The van der Waals surface area contributed by atoms with Crippen LogP contribution in [-0.4, -0.2) is 46.9 Å². The Labute approximate surface area is 211 Å². The van der Waals surface area contributed by atoms with E-state index in [1.54, 1.807) is 30.5 Å². The highest BCUT2D eigenvalue weighted by molar-refractivity contribution is 5.94. The Balaban J connectivity index is 1.47. The van der Waals surface area contributed by atoms with E-state index in [4.69, 9.17) is 0 Å². The summed E-state index contributed by atoms with van der Waals surface area (Å²) in [7, 11) is 0. The minimum absolute atomic E-state index is 0.144. The van der Waals surface area contributed by atoms with Gasteiger partial charge in [0, 0.05) is 12.7 Å². The number of halogens is 2. The molecule has 2 aromatic carbocycles. The summed E-state index contributed by atoms with van der Waals surface area (Å²) in [6, 6.07) is 17.6. The van der Waals surface area contributed by atoms with Gasteiger partial charge in [-0.25, -0.2) is 8.78 Å². The Morgan fingerprint density at radius 2 is 1.44 bits per heavy atom. The second kappa shape index (κ2) is 10.8. The molecule has 5 nitrogen and oxygen atoms in total.